The highest BCUT2D eigenvalue weighted by atomic mass is 16.6. The molecule has 0 fully saturated rings. The number of unbranched alkanes of at least 4 members (excludes halogenated alkanes) is 41. The van der Waals surface area contributed by atoms with Gasteiger partial charge < -0.3 is 14.2 Å². The summed E-state index contributed by atoms with van der Waals surface area (Å²) in [6, 6.07) is 0. The minimum absolute atomic E-state index is 0.0658. The number of rotatable bonds is 60. The van der Waals surface area contributed by atoms with Crippen molar-refractivity contribution < 1.29 is 28.6 Å². The summed E-state index contributed by atoms with van der Waals surface area (Å²) < 4.78 is 16.9. The van der Waals surface area contributed by atoms with Gasteiger partial charge in [0.05, 0.1) is 0 Å². The molecule has 0 aliphatic rings. The van der Waals surface area contributed by atoms with Gasteiger partial charge in [-0.1, -0.05) is 320 Å². The highest BCUT2D eigenvalue weighted by molar-refractivity contribution is 5.71. The van der Waals surface area contributed by atoms with Crippen LogP contribution >= 0.6 is 0 Å². The maximum Gasteiger partial charge on any atom is 0.306 e. The number of carbonyl (C=O) groups is 3. The first-order valence-corrected chi connectivity index (χ1v) is 32.6. The molecule has 0 saturated carbocycles. The molecule has 0 rings (SSSR count). The lowest BCUT2D eigenvalue weighted by atomic mass is 10.0. The number of carbonyl (C=O) groups excluding carboxylic acids is 3. The van der Waals surface area contributed by atoms with Crippen LogP contribution < -0.4 is 0 Å². The van der Waals surface area contributed by atoms with Crippen molar-refractivity contribution >= 4 is 17.9 Å². The quantitative estimate of drug-likeness (QED) is 0.0261. The number of ether oxygens (including phenoxy) is 3. The fourth-order valence-corrected chi connectivity index (χ4v) is 9.73. The lowest BCUT2D eigenvalue weighted by Crippen LogP contribution is -2.30. The molecular weight excluding hydrogens is 913 g/mol. The van der Waals surface area contributed by atoms with Crippen molar-refractivity contribution in [2.75, 3.05) is 13.2 Å². The van der Waals surface area contributed by atoms with Crippen LogP contribution in [-0.4, -0.2) is 37.2 Å². The molecule has 0 aliphatic carbocycles. The van der Waals surface area contributed by atoms with Crippen LogP contribution in [0.5, 0.6) is 0 Å². The molecule has 0 bridgehead atoms. The highest BCUT2D eigenvalue weighted by Gasteiger charge is 2.19. The third-order valence-corrected chi connectivity index (χ3v) is 14.6. The molecule has 0 radical (unpaired) electrons. The summed E-state index contributed by atoms with van der Waals surface area (Å²) in [7, 11) is 0. The van der Waals surface area contributed by atoms with E-state index in [0.717, 1.165) is 83.5 Å². The molecule has 0 saturated heterocycles. The van der Waals surface area contributed by atoms with Gasteiger partial charge in [0.1, 0.15) is 13.2 Å². The Balaban J connectivity index is 4.15. The van der Waals surface area contributed by atoms with E-state index in [9.17, 15) is 14.4 Å². The summed E-state index contributed by atoms with van der Waals surface area (Å²) in [6.07, 6.45) is 78.4. The number of hydrogen-bond acceptors (Lipinski definition) is 6. The number of esters is 3. The summed E-state index contributed by atoms with van der Waals surface area (Å²) in [5, 5.41) is 0. The van der Waals surface area contributed by atoms with E-state index in [2.05, 4.69) is 69.4 Å². The van der Waals surface area contributed by atoms with Gasteiger partial charge in [0.25, 0.3) is 0 Å². The largest absolute Gasteiger partial charge is 0.462 e. The van der Waals surface area contributed by atoms with E-state index in [1.54, 1.807) is 0 Å². The maximum absolute atomic E-state index is 12.9. The van der Waals surface area contributed by atoms with E-state index in [0.29, 0.717) is 19.3 Å². The second-order valence-electron chi connectivity index (χ2n) is 22.0. The Morgan fingerprint density at radius 2 is 0.527 bits per heavy atom. The molecule has 0 aliphatic heterocycles. The van der Waals surface area contributed by atoms with Crippen LogP contribution in [0.3, 0.4) is 0 Å². The molecule has 74 heavy (non-hydrogen) atoms. The summed E-state index contributed by atoms with van der Waals surface area (Å²) in [5.74, 6) is -0.841. The van der Waals surface area contributed by atoms with Gasteiger partial charge in [-0.05, 0) is 57.8 Å². The van der Waals surface area contributed by atoms with Crippen molar-refractivity contribution in [3.05, 3.63) is 48.6 Å². The van der Waals surface area contributed by atoms with Crippen molar-refractivity contribution in [1.82, 2.24) is 0 Å². The zero-order valence-corrected chi connectivity index (χ0v) is 49.6. The minimum atomic E-state index is -0.767. The summed E-state index contributed by atoms with van der Waals surface area (Å²) in [5.41, 5.74) is 0. The van der Waals surface area contributed by atoms with Gasteiger partial charge in [-0.25, -0.2) is 0 Å². The first kappa shape index (κ1) is 71.4. The maximum atomic E-state index is 12.9. The molecule has 432 valence electrons. The van der Waals surface area contributed by atoms with Gasteiger partial charge in [-0.3, -0.25) is 14.4 Å². The smallest absolute Gasteiger partial charge is 0.306 e. The van der Waals surface area contributed by atoms with E-state index in [1.807, 2.05) is 0 Å². The van der Waals surface area contributed by atoms with Crippen LogP contribution in [0.4, 0.5) is 0 Å². The van der Waals surface area contributed by atoms with Gasteiger partial charge in [-0.15, -0.1) is 0 Å². The first-order chi connectivity index (χ1) is 36.5. The van der Waals surface area contributed by atoms with E-state index in [-0.39, 0.29) is 31.1 Å². The highest BCUT2D eigenvalue weighted by Crippen LogP contribution is 2.18. The third kappa shape index (κ3) is 60.2. The topological polar surface area (TPSA) is 78.9 Å². The normalized spacial score (nSPS) is 12.3. The molecule has 0 N–H and O–H groups in total. The first-order valence-electron chi connectivity index (χ1n) is 32.6. The number of hydrogen-bond donors (Lipinski definition) is 0. The van der Waals surface area contributed by atoms with Gasteiger partial charge in [-0.2, -0.15) is 0 Å². The van der Waals surface area contributed by atoms with Gasteiger partial charge >= 0.3 is 17.9 Å². The predicted octanol–water partition coefficient (Wildman–Crippen LogP) is 22.2. The van der Waals surface area contributed by atoms with E-state index in [1.165, 1.54) is 225 Å². The molecule has 0 aromatic rings. The van der Waals surface area contributed by atoms with Crippen molar-refractivity contribution in [1.29, 1.82) is 0 Å². The van der Waals surface area contributed by atoms with Gasteiger partial charge in [0.2, 0.25) is 0 Å². The fourth-order valence-electron chi connectivity index (χ4n) is 9.73. The fraction of sp³-hybridized carbons (Fsp3) is 0.838. The van der Waals surface area contributed by atoms with Crippen LogP contribution in [0.1, 0.15) is 348 Å². The predicted molar refractivity (Wildman–Crippen MR) is 321 cm³/mol. The Hall–Kier alpha value is -2.63. The number of allylic oxidation sites excluding steroid dienone is 8. The second kappa shape index (κ2) is 62.9. The standard InChI is InChI=1S/C68H124O6/c1-4-7-10-13-16-19-22-25-27-28-29-30-31-32-33-34-35-36-37-38-39-40-41-44-46-49-52-55-58-61-67(70)73-64-65(63-72-66(69)60-57-54-51-48-45-42-24-21-18-15-12-9-6-3)74-68(71)62-59-56-53-50-47-43-26-23-20-17-14-11-8-5-2/h7,10,16,19,25,27,29-30,65H,4-6,8-9,11-15,17-18,20-24,26,28,31-64H2,1-3H3/b10-7-,19-16-,27-25-,30-29-. The summed E-state index contributed by atoms with van der Waals surface area (Å²) in [4.78, 5) is 38.3. The zero-order valence-electron chi connectivity index (χ0n) is 49.6. The van der Waals surface area contributed by atoms with Crippen molar-refractivity contribution in [2.24, 2.45) is 0 Å². The average Bonchev–Trinajstić information content (AvgIpc) is 3.40. The Kier molecular flexibility index (Phi) is 60.7. The Morgan fingerprint density at radius 3 is 0.824 bits per heavy atom. The Bertz CT molecular complexity index is 1280. The summed E-state index contributed by atoms with van der Waals surface area (Å²) in [6.45, 7) is 6.58. The van der Waals surface area contributed by atoms with Crippen LogP contribution in [-0.2, 0) is 28.6 Å². The zero-order chi connectivity index (χ0) is 53.6. The average molecular weight is 1040 g/mol. The third-order valence-electron chi connectivity index (χ3n) is 14.6. The molecule has 0 amide bonds. The molecule has 6 nitrogen and oxygen atoms in total. The molecule has 0 spiro atoms. The SMILES string of the molecule is CC/C=C\C/C=C\C/C=C\C/C=C\CCCCCCCCCCCCCCCCCCC(=O)OCC(COC(=O)CCCCCCCCCCCCCCC)OC(=O)CCCCCCCCCCCCCCCC. The van der Waals surface area contributed by atoms with Crippen molar-refractivity contribution in [3.8, 4) is 0 Å². The van der Waals surface area contributed by atoms with Crippen molar-refractivity contribution in [2.45, 2.75) is 354 Å². The molecule has 1 atom stereocenters. The summed E-state index contributed by atoms with van der Waals surface area (Å²) >= 11 is 0. The van der Waals surface area contributed by atoms with E-state index in [4.69, 9.17) is 14.2 Å². The Labute approximate surface area is 460 Å². The molecule has 6 heteroatoms. The lowest BCUT2D eigenvalue weighted by Gasteiger charge is -2.18. The molecule has 0 heterocycles. The van der Waals surface area contributed by atoms with Crippen LogP contribution in [0.15, 0.2) is 48.6 Å². The van der Waals surface area contributed by atoms with Crippen LogP contribution in [0, 0.1) is 0 Å². The molecule has 0 aromatic heterocycles. The van der Waals surface area contributed by atoms with Gasteiger partial charge in [0, 0.05) is 19.3 Å². The van der Waals surface area contributed by atoms with Crippen molar-refractivity contribution in [3.63, 3.8) is 0 Å². The lowest BCUT2D eigenvalue weighted by molar-refractivity contribution is -0.167. The molecule has 1 unspecified atom stereocenters. The van der Waals surface area contributed by atoms with E-state index < -0.39 is 6.10 Å². The van der Waals surface area contributed by atoms with E-state index >= 15 is 0 Å². The monoisotopic (exact) mass is 1040 g/mol. The Morgan fingerprint density at radius 1 is 0.284 bits per heavy atom. The van der Waals surface area contributed by atoms with Crippen LogP contribution in [0.25, 0.3) is 0 Å². The minimum Gasteiger partial charge on any atom is -0.462 e. The molecular formula is C68H124O6. The second-order valence-corrected chi connectivity index (χ2v) is 22.0. The van der Waals surface area contributed by atoms with Gasteiger partial charge in [0.15, 0.2) is 6.10 Å². The van der Waals surface area contributed by atoms with Crippen LogP contribution in [0.2, 0.25) is 0 Å². The molecule has 0 aromatic carbocycles.